The van der Waals surface area contributed by atoms with Gasteiger partial charge in [-0.1, -0.05) is 12.1 Å². The molecule has 9 nitrogen and oxygen atoms in total. The van der Waals surface area contributed by atoms with E-state index in [0.717, 1.165) is 4.52 Å². The molecule has 0 fully saturated rings. The molecule has 12 heteroatoms. The second-order valence-electron chi connectivity index (χ2n) is 11.9. The van der Waals surface area contributed by atoms with Crippen LogP contribution in [0, 0.1) is 38.2 Å². The summed E-state index contributed by atoms with van der Waals surface area (Å²) in [6.07, 6.45) is -0.435. The van der Waals surface area contributed by atoms with Crippen LogP contribution in [0.3, 0.4) is 0 Å². The lowest BCUT2D eigenvalue weighted by atomic mass is 9.91. The Labute approximate surface area is 252 Å². The fourth-order valence-electron chi connectivity index (χ4n) is 5.44. The lowest BCUT2D eigenvalue weighted by Gasteiger charge is -2.28. The highest BCUT2D eigenvalue weighted by Gasteiger charge is 2.36. The summed E-state index contributed by atoms with van der Waals surface area (Å²) in [6.45, 7) is 10.2. The van der Waals surface area contributed by atoms with Crippen molar-refractivity contribution < 1.29 is 37.3 Å². The molecule has 1 aliphatic rings. The number of carboxylic acids is 1. The van der Waals surface area contributed by atoms with Crippen LogP contribution in [-0.4, -0.2) is 43.8 Å². The quantitative estimate of drug-likeness (QED) is 0.266. The predicted octanol–water partition coefficient (Wildman–Crippen LogP) is 5.93. The lowest BCUT2D eigenvalue weighted by molar-refractivity contribution is -0.160. The van der Waals surface area contributed by atoms with Crippen molar-refractivity contribution in [3.05, 3.63) is 80.9 Å². The molecule has 1 unspecified atom stereocenters. The number of aliphatic carboxylic acids is 1. The van der Waals surface area contributed by atoms with Gasteiger partial charge in [0, 0.05) is 28.9 Å². The average Bonchev–Trinajstić information content (AvgIpc) is 3.28. The third-order valence-electron chi connectivity index (χ3n) is 7.47. The Morgan fingerprint density at radius 2 is 1.86 bits per heavy atom. The Kier molecular flexibility index (Phi) is 8.15. The summed E-state index contributed by atoms with van der Waals surface area (Å²) in [4.78, 5) is 30.2. The summed E-state index contributed by atoms with van der Waals surface area (Å²) in [5.74, 6) is -4.21. The summed E-state index contributed by atoms with van der Waals surface area (Å²) in [5, 5.41) is 17.1. The van der Waals surface area contributed by atoms with Crippen molar-refractivity contribution in [2.24, 2.45) is 0 Å². The molecule has 232 valence electrons. The number of carbonyl (C=O) groups excluding carboxylic acids is 1. The highest BCUT2D eigenvalue weighted by molar-refractivity contribution is 5.94. The van der Waals surface area contributed by atoms with E-state index in [-0.39, 0.29) is 40.5 Å². The first kappa shape index (κ1) is 31.0. The molecule has 0 bridgehead atoms. The number of hydrogen-bond acceptors (Lipinski definition) is 6. The number of nitrogens with zero attached hydrogens (tertiary/aromatic N) is 3. The van der Waals surface area contributed by atoms with Crippen LogP contribution in [0.5, 0.6) is 5.75 Å². The Hall–Kier alpha value is -4.45. The minimum atomic E-state index is -1.59. The molecule has 4 aromatic rings. The fourth-order valence-corrected chi connectivity index (χ4v) is 5.44. The lowest BCUT2D eigenvalue weighted by Crippen LogP contribution is -2.29. The van der Waals surface area contributed by atoms with E-state index in [1.807, 2.05) is 0 Å². The number of ether oxygens (including phenoxy) is 2. The van der Waals surface area contributed by atoms with Gasteiger partial charge >= 0.3 is 5.97 Å². The first-order valence-electron chi connectivity index (χ1n) is 14.2. The molecule has 1 amide bonds. The largest absolute Gasteiger partial charge is 0.490 e. The van der Waals surface area contributed by atoms with Crippen molar-refractivity contribution in [2.45, 2.75) is 72.6 Å². The zero-order valence-corrected chi connectivity index (χ0v) is 25.3. The molecule has 0 saturated heterocycles. The van der Waals surface area contributed by atoms with Crippen LogP contribution in [0.25, 0.3) is 16.9 Å². The van der Waals surface area contributed by atoms with Gasteiger partial charge in [0.1, 0.15) is 5.82 Å². The van der Waals surface area contributed by atoms with Crippen molar-refractivity contribution >= 4 is 17.5 Å². The summed E-state index contributed by atoms with van der Waals surface area (Å²) < 4.78 is 57.7. The van der Waals surface area contributed by atoms with Crippen molar-refractivity contribution in [1.29, 1.82) is 0 Å². The topological polar surface area (TPSA) is 115 Å². The van der Waals surface area contributed by atoms with Gasteiger partial charge in [0.25, 0.3) is 5.91 Å². The van der Waals surface area contributed by atoms with Crippen LogP contribution in [0.1, 0.15) is 77.3 Å². The molecule has 0 saturated carbocycles. The highest BCUT2D eigenvalue weighted by atomic mass is 19.1. The minimum absolute atomic E-state index is 0.0287. The number of amides is 1. The normalized spacial score (nSPS) is 13.8. The number of rotatable bonds is 7. The summed E-state index contributed by atoms with van der Waals surface area (Å²) >= 11 is 0. The number of hydrogen-bond donors (Lipinski definition) is 2. The number of aromatic nitrogens is 3. The third-order valence-corrected chi connectivity index (χ3v) is 7.47. The highest BCUT2D eigenvalue weighted by Crippen LogP contribution is 2.42. The molecule has 1 aliphatic heterocycles. The number of nitrogens with one attached hydrogen (secondary N) is 1. The molecule has 2 aromatic heterocycles. The maximum atomic E-state index is 15.9. The zero-order valence-electron chi connectivity index (χ0n) is 25.3. The van der Waals surface area contributed by atoms with Crippen LogP contribution in [0.4, 0.5) is 13.2 Å². The van der Waals surface area contributed by atoms with Gasteiger partial charge < -0.3 is 19.9 Å². The van der Waals surface area contributed by atoms with E-state index in [1.165, 1.54) is 25.1 Å². The third kappa shape index (κ3) is 5.73. The number of carbonyl (C=O) groups is 2. The van der Waals surface area contributed by atoms with Crippen LogP contribution in [0.15, 0.2) is 24.3 Å². The Balaban J connectivity index is 1.73. The number of aryl methyl sites for hydroxylation is 2. The number of benzene rings is 2. The van der Waals surface area contributed by atoms with Crippen LogP contribution < -0.4 is 10.1 Å². The first-order chi connectivity index (χ1) is 20.7. The van der Waals surface area contributed by atoms with Gasteiger partial charge in [-0.3, -0.25) is 4.79 Å². The molecule has 0 radical (unpaired) electrons. The zero-order chi connectivity index (χ0) is 32.1. The maximum absolute atomic E-state index is 15.9. The van der Waals surface area contributed by atoms with Crippen molar-refractivity contribution in [2.75, 3.05) is 6.61 Å². The molecular formula is C32H33F3N4O5. The van der Waals surface area contributed by atoms with E-state index in [2.05, 4.69) is 15.4 Å². The van der Waals surface area contributed by atoms with Gasteiger partial charge in [0.05, 0.1) is 17.9 Å². The molecule has 3 heterocycles. The van der Waals surface area contributed by atoms with Gasteiger partial charge in [0.2, 0.25) is 5.82 Å². The second-order valence-corrected chi connectivity index (χ2v) is 11.9. The van der Waals surface area contributed by atoms with Gasteiger partial charge in [-0.25, -0.2) is 27.5 Å². The molecule has 2 aromatic carbocycles. The fraction of sp³-hybridized carbons (Fsp3) is 0.375. The van der Waals surface area contributed by atoms with E-state index in [9.17, 15) is 19.1 Å². The number of carboxylic acid groups (broad SMARTS) is 1. The first-order valence-corrected chi connectivity index (χ1v) is 14.2. The Bertz CT molecular complexity index is 1810. The van der Waals surface area contributed by atoms with Gasteiger partial charge in [-0.2, -0.15) is 5.10 Å². The second kappa shape index (κ2) is 11.6. The molecule has 5 rings (SSSR count). The predicted molar refractivity (Wildman–Crippen MR) is 155 cm³/mol. The summed E-state index contributed by atoms with van der Waals surface area (Å²) in [6, 6.07) is 5.52. The van der Waals surface area contributed by atoms with E-state index < -0.39 is 46.7 Å². The van der Waals surface area contributed by atoms with Gasteiger partial charge in [-0.05, 0) is 83.2 Å². The van der Waals surface area contributed by atoms with Gasteiger partial charge in [0.15, 0.2) is 29.0 Å². The monoisotopic (exact) mass is 610 g/mol. The molecule has 0 aliphatic carbocycles. The average molecular weight is 611 g/mol. The van der Waals surface area contributed by atoms with E-state index >= 15 is 8.78 Å². The summed E-state index contributed by atoms with van der Waals surface area (Å²) in [5.41, 5.74) is 0.686. The van der Waals surface area contributed by atoms with E-state index in [4.69, 9.17) is 9.47 Å². The Morgan fingerprint density at radius 1 is 1.14 bits per heavy atom. The molecule has 2 N–H and O–H groups in total. The standard InChI is InChI=1S/C32H33F3N4O5/c1-15-12-18(9-10-21(15)33)14-36-30(40)25-24(35)29-37-17(3)23(28(31(41)42)44-32(4,5)6)26(39(29)38-25)20-13-22(34)27-19(16(20)2)8-7-11-43-27/h9-10,12-13,28H,7-8,11,14H2,1-6H3,(H,36,40)(H,41,42). The molecule has 0 spiro atoms. The van der Waals surface area contributed by atoms with Crippen LogP contribution in [-0.2, 0) is 22.5 Å². The maximum Gasteiger partial charge on any atom is 0.337 e. The van der Waals surface area contributed by atoms with Crippen LogP contribution in [0.2, 0.25) is 0 Å². The molecular weight excluding hydrogens is 577 g/mol. The minimum Gasteiger partial charge on any atom is -0.490 e. The van der Waals surface area contributed by atoms with Crippen molar-refractivity contribution in [1.82, 2.24) is 19.9 Å². The number of fused-ring (bicyclic) bond motifs is 2. The smallest absolute Gasteiger partial charge is 0.337 e. The van der Waals surface area contributed by atoms with E-state index in [0.29, 0.717) is 41.7 Å². The van der Waals surface area contributed by atoms with Crippen LogP contribution >= 0.6 is 0 Å². The van der Waals surface area contributed by atoms with E-state index in [1.54, 1.807) is 40.7 Å². The number of halogens is 3. The molecule has 44 heavy (non-hydrogen) atoms. The Morgan fingerprint density at radius 3 is 2.52 bits per heavy atom. The van der Waals surface area contributed by atoms with Gasteiger partial charge in [-0.15, -0.1) is 0 Å². The molecule has 1 atom stereocenters. The SMILES string of the molecule is Cc1cc(CNC(=O)c2nn3c(-c4cc(F)c5c(c4C)CCCO5)c(C(OC(C)(C)C)C(=O)O)c(C)nc3c2F)ccc1F. The summed E-state index contributed by atoms with van der Waals surface area (Å²) in [7, 11) is 0. The van der Waals surface area contributed by atoms with Crippen molar-refractivity contribution in [3.63, 3.8) is 0 Å². The van der Waals surface area contributed by atoms with Crippen molar-refractivity contribution in [3.8, 4) is 17.0 Å².